The largest absolute Gasteiger partial charge is 0.497 e. The molecule has 0 radical (unpaired) electrons. The van der Waals surface area contributed by atoms with Crippen LogP contribution in [0.1, 0.15) is 31.2 Å². The van der Waals surface area contributed by atoms with Gasteiger partial charge in [0.1, 0.15) is 23.2 Å². The van der Waals surface area contributed by atoms with Crippen LogP contribution in [0.4, 0.5) is 5.82 Å². The molecule has 0 aliphatic carbocycles. The lowest BCUT2D eigenvalue weighted by Gasteiger charge is -2.24. The highest BCUT2D eigenvalue weighted by Crippen LogP contribution is 2.35. The zero-order valence-corrected chi connectivity index (χ0v) is 16.8. The van der Waals surface area contributed by atoms with Gasteiger partial charge in [-0.1, -0.05) is 55.3 Å². The summed E-state index contributed by atoms with van der Waals surface area (Å²) in [6, 6.07) is 22.6. The van der Waals surface area contributed by atoms with Gasteiger partial charge in [-0.2, -0.15) is 5.26 Å². The molecule has 2 aromatic carbocycles. The maximum atomic E-state index is 10.1. The molecule has 1 saturated heterocycles. The van der Waals surface area contributed by atoms with E-state index < -0.39 is 0 Å². The summed E-state index contributed by atoms with van der Waals surface area (Å²) in [5, 5.41) is 10.1. The Balaban J connectivity index is 1.90. The van der Waals surface area contributed by atoms with E-state index in [2.05, 4.69) is 23.1 Å². The monoisotopic (exact) mass is 383 g/mol. The first-order valence-corrected chi connectivity index (χ1v) is 10.2. The van der Waals surface area contributed by atoms with Crippen molar-refractivity contribution in [3.05, 3.63) is 66.2 Å². The number of aromatic nitrogens is 1. The van der Waals surface area contributed by atoms with E-state index in [1.165, 1.54) is 12.8 Å². The third-order valence-corrected chi connectivity index (χ3v) is 5.49. The van der Waals surface area contributed by atoms with Crippen LogP contribution in [0.25, 0.3) is 22.4 Å². The van der Waals surface area contributed by atoms with E-state index in [1.807, 2.05) is 48.5 Å². The predicted octanol–water partition coefficient (Wildman–Crippen LogP) is 5.68. The Kier molecular flexibility index (Phi) is 5.76. The highest BCUT2D eigenvalue weighted by Gasteiger charge is 2.21. The zero-order valence-electron chi connectivity index (χ0n) is 16.8. The van der Waals surface area contributed by atoms with Crippen LogP contribution in [0, 0.1) is 11.3 Å². The van der Waals surface area contributed by atoms with Crippen molar-refractivity contribution in [1.29, 1.82) is 5.26 Å². The van der Waals surface area contributed by atoms with E-state index in [9.17, 15) is 5.26 Å². The molecule has 0 atom stereocenters. The number of benzene rings is 2. The Morgan fingerprint density at radius 2 is 1.59 bits per heavy atom. The van der Waals surface area contributed by atoms with Gasteiger partial charge < -0.3 is 9.64 Å². The Hall–Kier alpha value is -3.32. The summed E-state index contributed by atoms with van der Waals surface area (Å²) in [4.78, 5) is 7.27. The van der Waals surface area contributed by atoms with Gasteiger partial charge in [0.25, 0.3) is 0 Å². The number of ether oxygens (including phenoxy) is 1. The van der Waals surface area contributed by atoms with E-state index in [-0.39, 0.29) is 0 Å². The fraction of sp³-hybridized carbons (Fsp3) is 0.280. The Morgan fingerprint density at radius 1 is 0.897 bits per heavy atom. The fourth-order valence-electron chi connectivity index (χ4n) is 3.91. The molecule has 0 saturated carbocycles. The van der Waals surface area contributed by atoms with Crippen LogP contribution in [0.3, 0.4) is 0 Å². The fourth-order valence-corrected chi connectivity index (χ4v) is 3.91. The van der Waals surface area contributed by atoms with Gasteiger partial charge in [-0.3, -0.25) is 0 Å². The molecule has 0 spiro atoms. The van der Waals surface area contributed by atoms with Crippen LogP contribution < -0.4 is 9.64 Å². The summed E-state index contributed by atoms with van der Waals surface area (Å²) in [5.74, 6) is 1.61. The van der Waals surface area contributed by atoms with Crippen molar-refractivity contribution in [3.63, 3.8) is 0 Å². The van der Waals surface area contributed by atoms with Gasteiger partial charge >= 0.3 is 0 Å². The summed E-state index contributed by atoms with van der Waals surface area (Å²) in [7, 11) is 1.66. The van der Waals surface area contributed by atoms with E-state index >= 15 is 0 Å². The first kappa shape index (κ1) is 19.0. The highest BCUT2D eigenvalue weighted by molar-refractivity contribution is 5.81. The quantitative estimate of drug-likeness (QED) is 0.582. The summed E-state index contributed by atoms with van der Waals surface area (Å²) in [5.41, 5.74) is 4.52. The number of anilines is 1. The highest BCUT2D eigenvalue weighted by atomic mass is 16.5. The molecule has 0 amide bonds. The number of nitriles is 1. The van der Waals surface area contributed by atoms with Crippen LogP contribution in [-0.4, -0.2) is 25.2 Å². The summed E-state index contributed by atoms with van der Waals surface area (Å²) < 4.78 is 5.30. The van der Waals surface area contributed by atoms with E-state index in [0.29, 0.717) is 5.56 Å². The molecule has 1 fully saturated rings. The van der Waals surface area contributed by atoms with E-state index in [0.717, 1.165) is 59.9 Å². The topological polar surface area (TPSA) is 49.1 Å². The third kappa shape index (κ3) is 4.09. The Labute approximate surface area is 172 Å². The van der Waals surface area contributed by atoms with Gasteiger partial charge in [-0.05, 0) is 36.6 Å². The molecule has 0 N–H and O–H groups in total. The average Bonchev–Trinajstić information content (AvgIpc) is 3.08. The molecular weight excluding hydrogens is 358 g/mol. The lowest BCUT2D eigenvalue weighted by Crippen LogP contribution is -2.26. The van der Waals surface area contributed by atoms with Crippen molar-refractivity contribution in [3.8, 4) is 34.2 Å². The molecule has 0 unspecified atom stereocenters. The van der Waals surface area contributed by atoms with Crippen LogP contribution >= 0.6 is 0 Å². The Bertz CT molecular complexity index is 999. The second-order valence-electron chi connectivity index (χ2n) is 7.36. The summed E-state index contributed by atoms with van der Waals surface area (Å²) in [6.45, 7) is 1.89. The standard InChI is InChI=1S/C25H25N3O/c1-29-21-13-11-19(12-14-21)22-17-24(20-9-5-4-6-10-20)27-25(23(22)18-26)28-15-7-2-3-8-16-28/h4-6,9-14,17H,2-3,7-8,15-16H2,1H3. The van der Waals surface area contributed by atoms with E-state index in [4.69, 9.17) is 9.72 Å². The zero-order chi connectivity index (χ0) is 20.1. The average molecular weight is 383 g/mol. The third-order valence-electron chi connectivity index (χ3n) is 5.49. The van der Waals surface area contributed by atoms with Gasteiger partial charge in [0, 0.05) is 24.2 Å². The van der Waals surface area contributed by atoms with Crippen molar-refractivity contribution in [2.24, 2.45) is 0 Å². The molecule has 146 valence electrons. The van der Waals surface area contributed by atoms with Gasteiger partial charge in [0.2, 0.25) is 0 Å². The van der Waals surface area contributed by atoms with Crippen molar-refractivity contribution < 1.29 is 4.74 Å². The van der Waals surface area contributed by atoms with Crippen LogP contribution in [0.5, 0.6) is 5.75 Å². The molecule has 3 aromatic rings. The molecule has 2 heterocycles. The number of hydrogen-bond donors (Lipinski definition) is 0. The van der Waals surface area contributed by atoms with E-state index in [1.54, 1.807) is 7.11 Å². The summed E-state index contributed by atoms with van der Waals surface area (Å²) >= 11 is 0. The minimum absolute atomic E-state index is 0.650. The lowest BCUT2D eigenvalue weighted by molar-refractivity contribution is 0.415. The molecule has 1 aliphatic heterocycles. The second kappa shape index (κ2) is 8.79. The minimum atomic E-state index is 0.650. The van der Waals surface area contributed by atoms with Crippen molar-refractivity contribution in [1.82, 2.24) is 4.98 Å². The number of nitrogens with zero attached hydrogens (tertiary/aromatic N) is 3. The number of hydrogen-bond acceptors (Lipinski definition) is 4. The molecule has 0 bridgehead atoms. The molecule has 4 rings (SSSR count). The lowest BCUT2D eigenvalue weighted by atomic mass is 9.98. The van der Waals surface area contributed by atoms with Gasteiger partial charge in [0.15, 0.2) is 0 Å². The SMILES string of the molecule is COc1ccc(-c2cc(-c3ccccc3)nc(N3CCCCCC3)c2C#N)cc1. The van der Waals surface area contributed by atoms with Crippen molar-refractivity contribution in [2.45, 2.75) is 25.7 Å². The normalized spacial score (nSPS) is 14.1. The minimum Gasteiger partial charge on any atom is -0.497 e. The predicted molar refractivity (Wildman–Crippen MR) is 117 cm³/mol. The first-order valence-electron chi connectivity index (χ1n) is 10.2. The number of pyridine rings is 1. The number of rotatable bonds is 4. The maximum Gasteiger partial charge on any atom is 0.147 e. The number of methoxy groups -OCH3 is 1. The second-order valence-corrected chi connectivity index (χ2v) is 7.36. The van der Waals surface area contributed by atoms with Gasteiger partial charge in [-0.15, -0.1) is 0 Å². The van der Waals surface area contributed by atoms with Crippen LogP contribution in [-0.2, 0) is 0 Å². The maximum absolute atomic E-state index is 10.1. The van der Waals surface area contributed by atoms with Crippen molar-refractivity contribution in [2.75, 3.05) is 25.1 Å². The molecule has 4 nitrogen and oxygen atoms in total. The van der Waals surface area contributed by atoms with Gasteiger partial charge in [0.05, 0.1) is 12.8 Å². The van der Waals surface area contributed by atoms with Crippen molar-refractivity contribution >= 4 is 5.82 Å². The summed E-state index contributed by atoms with van der Waals surface area (Å²) in [6.07, 6.45) is 4.75. The molecular formula is C25H25N3O. The Morgan fingerprint density at radius 3 is 2.21 bits per heavy atom. The molecule has 1 aliphatic rings. The molecule has 29 heavy (non-hydrogen) atoms. The molecule has 1 aromatic heterocycles. The van der Waals surface area contributed by atoms with Crippen LogP contribution in [0.2, 0.25) is 0 Å². The smallest absolute Gasteiger partial charge is 0.147 e. The van der Waals surface area contributed by atoms with Crippen LogP contribution in [0.15, 0.2) is 60.7 Å². The molecule has 4 heteroatoms. The first-order chi connectivity index (χ1) is 14.3. The van der Waals surface area contributed by atoms with Gasteiger partial charge in [-0.25, -0.2) is 4.98 Å².